The van der Waals surface area contributed by atoms with E-state index < -0.39 is 0 Å². The largest absolute Gasteiger partial charge is 0.369 e. The van der Waals surface area contributed by atoms with E-state index in [1.54, 1.807) is 6.92 Å². The first-order valence-corrected chi connectivity index (χ1v) is 6.12. The molecule has 0 aromatic carbocycles. The highest BCUT2D eigenvalue weighted by molar-refractivity contribution is 5.76. The van der Waals surface area contributed by atoms with Crippen molar-refractivity contribution in [2.24, 2.45) is 0 Å². The van der Waals surface area contributed by atoms with Gasteiger partial charge in [-0.05, 0) is 20.3 Å². The first kappa shape index (κ1) is 14.2. The summed E-state index contributed by atoms with van der Waals surface area (Å²) in [5, 5.41) is 5.83. The lowest BCUT2D eigenvalue weighted by Crippen LogP contribution is -2.33. The number of amides is 1. The number of aryl methyl sites for hydroxylation is 1. The lowest BCUT2D eigenvalue weighted by Gasteiger charge is -2.11. The van der Waals surface area contributed by atoms with Crippen LogP contribution in [0, 0.1) is 6.92 Å². The fraction of sp³-hybridized carbons (Fsp3) is 0.583. The molecule has 0 spiro atoms. The van der Waals surface area contributed by atoms with E-state index in [2.05, 4.69) is 20.6 Å². The van der Waals surface area contributed by atoms with Gasteiger partial charge in [0.05, 0.1) is 0 Å². The van der Waals surface area contributed by atoms with Gasteiger partial charge >= 0.3 is 0 Å². The lowest BCUT2D eigenvalue weighted by molar-refractivity contribution is -0.121. The number of H-pyrrole nitrogens is 1. The number of hydrogen-bond donors (Lipinski definition) is 3. The highest BCUT2D eigenvalue weighted by Crippen LogP contribution is 1.98. The Morgan fingerprint density at radius 3 is 2.89 bits per heavy atom. The molecule has 0 fully saturated rings. The van der Waals surface area contributed by atoms with Crippen LogP contribution in [0.25, 0.3) is 0 Å². The molecule has 0 aliphatic heterocycles. The second-order valence-corrected chi connectivity index (χ2v) is 4.27. The highest BCUT2D eigenvalue weighted by atomic mass is 16.1. The molecule has 1 heterocycles. The maximum atomic E-state index is 11.5. The molecule has 18 heavy (non-hydrogen) atoms. The predicted octanol–water partition coefficient (Wildman–Crippen LogP) is 0.795. The van der Waals surface area contributed by atoms with Crippen LogP contribution in [-0.4, -0.2) is 28.5 Å². The van der Waals surface area contributed by atoms with E-state index in [1.165, 1.54) is 6.07 Å². The Balaban J connectivity index is 2.37. The van der Waals surface area contributed by atoms with Crippen LogP contribution in [0.2, 0.25) is 0 Å². The zero-order valence-corrected chi connectivity index (χ0v) is 11.0. The van der Waals surface area contributed by atoms with Crippen LogP contribution in [0.5, 0.6) is 0 Å². The van der Waals surface area contributed by atoms with E-state index in [1.807, 2.05) is 13.8 Å². The number of carbonyl (C=O) groups is 1. The fourth-order valence-corrected chi connectivity index (χ4v) is 1.42. The monoisotopic (exact) mass is 252 g/mol. The molecule has 1 rings (SSSR count). The molecular weight excluding hydrogens is 232 g/mol. The van der Waals surface area contributed by atoms with Gasteiger partial charge in [-0.1, -0.05) is 6.92 Å². The number of aromatic nitrogens is 2. The SMILES string of the molecule is CCC(C)NC(=O)CCNc1cc(=O)[nH]c(C)n1. The van der Waals surface area contributed by atoms with Crippen molar-refractivity contribution in [3.8, 4) is 0 Å². The van der Waals surface area contributed by atoms with Crippen molar-refractivity contribution in [2.45, 2.75) is 39.7 Å². The molecule has 0 aliphatic rings. The lowest BCUT2D eigenvalue weighted by atomic mass is 10.2. The Kier molecular flexibility index (Phi) is 5.35. The Bertz CT molecular complexity index is 456. The molecule has 1 atom stereocenters. The molecule has 0 aliphatic carbocycles. The van der Waals surface area contributed by atoms with Gasteiger partial charge in [0.2, 0.25) is 5.91 Å². The van der Waals surface area contributed by atoms with Gasteiger partial charge in [0.1, 0.15) is 11.6 Å². The van der Waals surface area contributed by atoms with Crippen molar-refractivity contribution < 1.29 is 4.79 Å². The number of aromatic amines is 1. The molecule has 6 nitrogen and oxygen atoms in total. The molecule has 1 amide bonds. The van der Waals surface area contributed by atoms with Crippen LogP contribution >= 0.6 is 0 Å². The van der Waals surface area contributed by atoms with Crippen molar-refractivity contribution in [3.63, 3.8) is 0 Å². The van der Waals surface area contributed by atoms with Gasteiger partial charge in [-0.25, -0.2) is 4.98 Å². The number of carbonyl (C=O) groups excluding carboxylic acids is 1. The van der Waals surface area contributed by atoms with Gasteiger partial charge < -0.3 is 15.6 Å². The minimum atomic E-state index is -0.200. The van der Waals surface area contributed by atoms with Gasteiger partial charge in [0.15, 0.2) is 0 Å². The first-order valence-electron chi connectivity index (χ1n) is 6.12. The van der Waals surface area contributed by atoms with Crippen LogP contribution in [0.3, 0.4) is 0 Å². The van der Waals surface area contributed by atoms with Crippen LogP contribution < -0.4 is 16.2 Å². The third-order valence-corrected chi connectivity index (χ3v) is 2.54. The number of rotatable bonds is 6. The summed E-state index contributed by atoms with van der Waals surface area (Å²) in [6, 6.07) is 1.57. The molecule has 0 saturated carbocycles. The summed E-state index contributed by atoms with van der Waals surface area (Å²) in [5.41, 5.74) is -0.200. The summed E-state index contributed by atoms with van der Waals surface area (Å²) in [6.45, 7) is 6.15. The predicted molar refractivity (Wildman–Crippen MR) is 70.6 cm³/mol. The summed E-state index contributed by atoms with van der Waals surface area (Å²) in [6.07, 6.45) is 1.27. The summed E-state index contributed by atoms with van der Waals surface area (Å²) < 4.78 is 0. The van der Waals surface area contributed by atoms with Gasteiger partial charge in [0, 0.05) is 25.1 Å². The standard InChI is InChI=1S/C12H20N4O2/c1-4-8(2)14-11(17)5-6-13-10-7-12(18)16-9(3)15-10/h7-8H,4-6H2,1-3H3,(H,14,17)(H2,13,15,16,18). The van der Waals surface area contributed by atoms with E-state index in [0.717, 1.165) is 6.42 Å². The first-order chi connectivity index (χ1) is 8.51. The zero-order valence-electron chi connectivity index (χ0n) is 11.0. The second kappa shape index (κ2) is 6.78. The van der Waals surface area contributed by atoms with Crippen LogP contribution in [0.1, 0.15) is 32.5 Å². The fourth-order valence-electron chi connectivity index (χ4n) is 1.42. The van der Waals surface area contributed by atoms with E-state index in [0.29, 0.717) is 24.6 Å². The average molecular weight is 252 g/mol. The number of hydrogen-bond acceptors (Lipinski definition) is 4. The quantitative estimate of drug-likeness (QED) is 0.698. The molecule has 0 bridgehead atoms. The molecule has 1 unspecified atom stereocenters. The molecule has 100 valence electrons. The zero-order chi connectivity index (χ0) is 13.5. The van der Waals surface area contributed by atoms with Gasteiger partial charge in [-0.2, -0.15) is 0 Å². The number of nitrogens with one attached hydrogen (secondary N) is 3. The van der Waals surface area contributed by atoms with Gasteiger partial charge in [-0.15, -0.1) is 0 Å². The third kappa shape index (κ3) is 4.99. The van der Waals surface area contributed by atoms with E-state index in [-0.39, 0.29) is 17.5 Å². The summed E-state index contributed by atoms with van der Waals surface area (Å²) >= 11 is 0. The van der Waals surface area contributed by atoms with E-state index >= 15 is 0 Å². The van der Waals surface area contributed by atoms with Gasteiger partial charge in [0.25, 0.3) is 5.56 Å². The molecule has 3 N–H and O–H groups in total. The maximum absolute atomic E-state index is 11.5. The summed E-state index contributed by atoms with van der Waals surface area (Å²) in [7, 11) is 0. The van der Waals surface area contributed by atoms with Crippen molar-refractivity contribution in [1.29, 1.82) is 0 Å². The topological polar surface area (TPSA) is 86.9 Å². The molecular formula is C12H20N4O2. The van der Waals surface area contributed by atoms with Crippen LogP contribution in [-0.2, 0) is 4.79 Å². The van der Waals surface area contributed by atoms with E-state index in [4.69, 9.17) is 0 Å². The second-order valence-electron chi connectivity index (χ2n) is 4.27. The minimum absolute atomic E-state index is 0.00147. The summed E-state index contributed by atoms with van der Waals surface area (Å²) in [5.74, 6) is 1.04. The average Bonchev–Trinajstić information content (AvgIpc) is 2.27. The Labute approximate surface area is 106 Å². The van der Waals surface area contributed by atoms with E-state index in [9.17, 15) is 9.59 Å². The van der Waals surface area contributed by atoms with Crippen molar-refractivity contribution >= 4 is 11.7 Å². The minimum Gasteiger partial charge on any atom is -0.369 e. The third-order valence-electron chi connectivity index (χ3n) is 2.54. The molecule has 0 radical (unpaired) electrons. The number of nitrogens with zero attached hydrogens (tertiary/aromatic N) is 1. The Hall–Kier alpha value is -1.85. The smallest absolute Gasteiger partial charge is 0.252 e. The van der Waals surface area contributed by atoms with Crippen molar-refractivity contribution in [1.82, 2.24) is 15.3 Å². The molecule has 0 saturated heterocycles. The number of anilines is 1. The molecule has 1 aromatic heterocycles. The van der Waals surface area contributed by atoms with Crippen molar-refractivity contribution in [3.05, 3.63) is 22.2 Å². The highest BCUT2D eigenvalue weighted by Gasteiger charge is 2.05. The molecule has 1 aromatic rings. The molecule has 6 heteroatoms. The van der Waals surface area contributed by atoms with Crippen LogP contribution in [0.15, 0.2) is 10.9 Å². The normalized spacial score (nSPS) is 11.9. The van der Waals surface area contributed by atoms with Crippen molar-refractivity contribution in [2.75, 3.05) is 11.9 Å². The summed E-state index contributed by atoms with van der Waals surface area (Å²) in [4.78, 5) is 29.3. The Morgan fingerprint density at radius 1 is 1.56 bits per heavy atom. The van der Waals surface area contributed by atoms with Crippen LogP contribution in [0.4, 0.5) is 5.82 Å². The Morgan fingerprint density at radius 2 is 2.28 bits per heavy atom. The van der Waals surface area contributed by atoms with Gasteiger partial charge in [-0.3, -0.25) is 9.59 Å². The maximum Gasteiger partial charge on any atom is 0.252 e.